The molecule has 0 aliphatic heterocycles. The van der Waals surface area contributed by atoms with E-state index in [-0.39, 0.29) is 5.91 Å². The number of rotatable bonds is 3. The van der Waals surface area contributed by atoms with E-state index >= 15 is 0 Å². The monoisotopic (exact) mass is 295 g/mol. The molecule has 5 heteroatoms. The number of anilines is 1. The van der Waals surface area contributed by atoms with Crippen molar-refractivity contribution in [1.82, 2.24) is 9.55 Å². The maximum Gasteiger partial charge on any atom is 0.255 e. The Labute approximate surface area is 128 Å². The first-order chi connectivity index (χ1) is 10.6. The van der Waals surface area contributed by atoms with Crippen LogP contribution in [0.5, 0.6) is 5.75 Å². The molecule has 0 fully saturated rings. The van der Waals surface area contributed by atoms with E-state index in [9.17, 15) is 4.79 Å². The molecule has 1 heterocycles. The lowest BCUT2D eigenvalue weighted by atomic mass is 10.2. The zero-order valence-electron chi connectivity index (χ0n) is 12.8. The molecule has 22 heavy (non-hydrogen) atoms. The zero-order chi connectivity index (χ0) is 15.7. The van der Waals surface area contributed by atoms with Crippen LogP contribution in [0.15, 0.2) is 42.5 Å². The van der Waals surface area contributed by atoms with Gasteiger partial charge in [-0.15, -0.1) is 0 Å². The summed E-state index contributed by atoms with van der Waals surface area (Å²) in [6, 6.07) is 12.8. The summed E-state index contributed by atoms with van der Waals surface area (Å²) < 4.78 is 7.10. The Morgan fingerprint density at radius 3 is 2.59 bits per heavy atom. The number of ether oxygens (including phenoxy) is 1. The first-order valence-electron chi connectivity index (χ1n) is 6.97. The van der Waals surface area contributed by atoms with Crippen molar-refractivity contribution in [3.05, 3.63) is 53.9 Å². The van der Waals surface area contributed by atoms with E-state index in [4.69, 9.17) is 4.74 Å². The van der Waals surface area contributed by atoms with Gasteiger partial charge in [0.2, 0.25) is 0 Å². The molecule has 3 aromatic rings. The molecular weight excluding hydrogens is 278 g/mol. The highest BCUT2D eigenvalue weighted by Gasteiger charge is 2.10. The standard InChI is InChI=1S/C17H17N3O2/c1-11-18-15-10-12(4-9-16(15)20(11)2)17(21)19-13-5-7-14(22-3)8-6-13/h4-10H,1-3H3,(H,19,21). The molecule has 0 unspecified atom stereocenters. The molecule has 1 N–H and O–H groups in total. The van der Waals surface area contributed by atoms with Gasteiger partial charge < -0.3 is 14.6 Å². The zero-order valence-corrected chi connectivity index (χ0v) is 12.8. The summed E-state index contributed by atoms with van der Waals surface area (Å²) in [7, 11) is 3.57. The average Bonchev–Trinajstić information content (AvgIpc) is 2.82. The molecule has 0 saturated heterocycles. The van der Waals surface area contributed by atoms with Gasteiger partial charge >= 0.3 is 0 Å². The summed E-state index contributed by atoms with van der Waals surface area (Å²) in [5.74, 6) is 1.52. The molecule has 0 aliphatic rings. The number of aromatic nitrogens is 2. The van der Waals surface area contributed by atoms with Crippen molar-refractivity contribution in [1.29, 1.82) is 0 Å². The first kappa shape index (κ1) is 14.1. The molecule has 0 bridgehead atoms. The van der Waals surface area contributed by atoms with Crippen LogP contribution >= 0.6 is 0 Å². The van der Waals surface area contributed by atoms with Gasteiger partial charge in [-0.3, -0.25) is 4.79 Å². The lowest BCUT2D eigenvalue weighted by Gasteiger charge is -2.06. The van der Waals surface area contributed by atoms with Crippen molar-refractivity contribution in [3.63, 3.8) is 0 Å². The summed E-state index contributed by atoms with van der Waals surface area (Å²) in [5, 5.41) is 2.87. The van der Waals surface area contributed by atoms with Crippen LogP contribution in [0.4, 0.5) is 5.69 Å². The van der Waals surface area contributed by atoms with Crippen LogP contribution in [-0.2, 0) is 7.05 Å². The molecule has 0 atom stereocenters. The molecule has 2 aromatic carbocycles. The topological polar surface area (TPSA) is 56.1 Å². The Morgan fingerprint density at radius 1 is 1.18 bits per heavy atom. The smallest absolute Gasteiger partial charge is 0.255 e. The number of amides is 1. The lowest BCUT2D eigenvalue weighted by Crippen LogP contribution is -2.11. The third-order valence-electron chi connectivity index (χ3n) is 3.71. The number of hydrogen-bond acceptors (Lipinski definition) is 3. The fraction of sp³-hybridized carbons (Fsp3) is 0.176. The van der Waals surface area contributed by atoms with E-state index in [0.717, 1.165) is 28.3 Å². The predicted octanol–water partition coefficient (Wildman–Crippen LogP) is 3.14. The second-order valence-electron chi connectivity index (χ2n) is 5.10. The molecule has 0 aliphatic carbocycles. The van der Waals surface area contributed by atoms with Gasteiger partial charge in [-0.05, 0) is 49.4 Å². The van der Waals surface area contributed by atoms with Crippen molar-refractivity contribution >= 4 is 22.6 Å². The van der Waals surface area contributed by atoms with Crippen LogP contribution in [0.3, 0.4) is 0 Å². The van der Waals surface area contributed by atoms with Crippen LogP contribution in [0, 0.1) is 6.92 Å². The van der Waals surface area contributed by atoms with E-state index in [1.807, 2.05) is 30.7 Å². The van der Waals surface area contributed by atoms with E-state index in [2.05, 4.69) is 10.3 Å². The van der Waals surface area contributed by atoms with Crippen molar-refractivity contribution in [2.24, 2.45) is 7.05 Å². The van der Waals surface area contributed by atoms with E-state index in [1.165, 1.54) is 0 Å². The van der Waals surface area contributed by atoms with Crippen molar-refractivity contribution in [2.45, 2.75) is 6.92 Å². The van der Waals surface area contributed by atoms with Gasteiger partial charge in [-0.2, -0.15) is 0 Å². The Morgan fingerprint density at radius 2 is 1.91 bits per heavy atom. The Hall–Kier alpha value is -2.82. The largest absolute Gasteiger partial charge is 0.497 e. The quantitative estimate of drug-likeness (QED) is 0.807. The molecule has 112 valence electrons. The van der Waals surface area contributed by atoms with Crippen molar-refractivity contribution < 1.29 is 9.53 Å². The summed E-state index contributed by atoms with van der Waals surface area (Å²) in [4.78, 5) is 16.8. The SMILES string of the molecule is COc1ccc(NC(=O)c2ccc3c(c2)nc(C)n3C)cc1. The number of carbonyl (C=O) groups is 1. The van der Waals surface area contributed by atoms with E-state index in [1.54, 1.807) is 37.4 Å². The molecule has 0 spiro atoms. The Kier molecular flexibility index (Phi) is 3.55. The third-order valence-corrected chi connectivity index (χ3v) is 3.71. The number of nitrogens with zero attached hydrogens (tertiary/aromatic N) is 2. The van der Waals surface area contributed by atoms with Crippen LogP contribution in [0.25, 0.3) is 11.0 Å². The molecule has 0 saturated carbocycles. The molecule has 3 rings (SSSR count). The fourth-order valence-electron chi connectivity index (χ4n) is 2.34. The van der Waals surface area contributed by atoms with Crippen LogP contribution < -0.4 is 10.1 Å². The minimum absolute atomic E-state index is 0.157. The van der Waals surface area contributed by atoms with Gasteiger partial charge in [0.1, 0.15) is 11.6 Å². The first-order valence-corrected chi connectivity index (χ1v) is 6.97. The van der Waals surface area contributed by atoms with Crippen LogP contribution in [-0.4, -0.2) is 22.6 Å². The van der Waals surface area contributed by atoms with Gasteiger partial charge in [0.15, 0.2) is 0 Å². The minimum atomic E-state index is -0.157. The second kappa shape index (κ2) is 5.52. The fourth-order valence-corrected chi connectivity index (χ4v) is 2.34. The number of nitrogens with one attached hydrogen (secondary N) is 1. The van der Waals surface area contributed by atoms with E-state index in [0.29, 0.717) is 5.56 Å². The summed E-state index contributed by atoms with van der Waals surface area (Å²) in [6.45, 7) is 1.94. The van der Waals surface area contributed by atoms with Crippen LogP contribution in [0.2, 0.25) is 0 Å². The maximum absolute atomic E-state index is 12.3. The van der Waals surface area contributed by atoms with Crippen LogP contribution in [0.1, 0.15) is 16.2 Å². The molecule has 1 amide bonds. The number of fused-ring (bicyclic) bond motifs is 1. The Balaban J connectivity index is 1.84. The number of benzene rings is 2. The molecular formula is C17H17N3O2. The number of carbonyl (C=O) groups excluding carboxylic acids is 1. The highest BCUT2D eigenvalue weighted by Crippen LogP contribution is 2.19. The van der Waals surface area contributed by atoms with Gasteiger partial charge in [0.05, 0.1) is 18.1 Å². The summed E-state index contributed by atoms with van der Waals surface area (Å²) >= 11 is 0. The summed E-state index contributed by atoms with van der Waals surface area (Å²) in [6.07, 6.45) is 0. The Bertz CT molecular complexity index is 835. The normalized spacial score (nSPS) is 10.7. The van der Waals surface area contributed by atoms with Crippen molar-refractivity contribution in [2.75, 3.05) is 12.4 Å². The highest BCUT2D eigenvalue weighted by atomic mass is 16.5. The molecule has 5 nitrogen and oxygen atoms in total. The van der Waals surface area contributed by atoms with Gasteiger partial charge in [0.25, 0.3) is 5.91 Å². The summed E-state index contributed by atoms with van der Waals surface area (Å²) in [5.41, 5.74) is 3.14. The van der Waals surface area contributed by atoms with Gasteiger partial charge in [0, 0.05) is 18.3 Å². The van der Waals surface area contributed by atoms with Gasteiger partial charge in [-0.25, -0.2) is 4.98 Å². The lowest BCUT2D eigenvalue weighted by molar-refractivity contribution is 0.102. The number of hydrogen-bond donors (Lipinski definition) is 1. The number of methoxy groups -OCH3 is 1. The average molecular weight is 295 g/mol. The highest BCUT2D eigenvalue weighted by molar-refractivity contribution is 6.06. The number of imidazole rings is 1. The predicted molar refractivity (Wildman–Crippen MR) is 86.4 cm³/mol. The minimum Gasteiger partial charge on any atom is -0.497 e. The maximum atomic E-state index is 12.3. The van der Waals surface area contributed by atoms with Crippen molar-refractivity contribution in [3.8, 4) is 5.75 Å². The molecule has 1 aromatic heterocycles. The number of aryl methyl sites for hydroxylation is 2. The molecule has 0 radical (unpaired) electrons. The van der Waals surface area contributed by atoms with E-state index < -0.39 is 0 Å². The third kappa shape index (κ3) is 2.53. The van der Waals surface area contributed by atoms with Gasteiger partial charge in [-0.1, -0.05) is 0 Å². The second-order valence-corrected chi connectivity index (χ2v) is 5.10.